The van der Waals surface area contributed by atoms with Gasteiger partial charge in [0.25, 0.3) is 0 Å². The topological polar surface area (TPSA) is 6.48 Å². The van der Waals surface area contributed by atoms with Crippen LogP contribution in [0.5, 0.6) is 0 Å². The van der Waals surface area contributed by atoms with Crippen molar-refractivity contribution in [3.05, 3.63) is 11.6 Å². The van der Waals surface area contributed by atoms with Gasteiger partial charge in [0.1, 0.15) is 0 Å². The fourth-order valence-corrected chi connectivity index (χ4v) is 4.76. The van der Waals surface area contributed by atoms with Gasteiger partial charge in [0.2, 0.25) is 0 Å². The molecule has 2 heterocycles. The lowest BCUT2D eigenvalue weighted by atomic mass is 9.62. The van der Waals surface area contributed by atoms with Gasteiger partial charge in [-0.3, -0.25) is 4.90 Å². The van der Waals surface area contributed by atoms with Gasteiger partial charge in [-0.15, -0.1) is 0 Å². The summed E-state index contributed by atoms with van der Waals surface area (Å²) < 4.78 is 0. The molecule has 2 heteroatoms. The summed E-state index contributed by atoms with van der Waals surface area (Å²) in [5, 5.41) is 0. The molecule has 2 aliphatic heterocycles. The van der Waals surface area contributed by atoms with Crippen LogP contribution in [0.15, 0.2) is 11.6 Å². The molecule has 0 aromatic carbocycles. The molecule has 24 heavy (non-hydrogen) atoms. The molecule has 0 N–H and O–H groups in total. The van der Waals surface area contributed by atoms with Crippen LogP contribution < -0.4 is 0 Å². The summed E-state index contributed by atoms with van der Waals surface area (Å²) in [5.74, 6) is 1.54. The molecule has 0 atom stereocenters. The molecule has 0 bridgehead atoms. The Labute approximate surface area is 151 Å². The van der Waals surface area contributed by atoms with E-state index >= 15 is 0 Å². The molecular weight excluding hydrogens is 292 g/mol. The minimum absolute atomic E-state index is 0.247. The van der Waals surface area contributed by atoms with Crippen molar-refractivity contribution in [1.29, 1.82) is 0 Å². The van der Waals surface area contributed by atoms with E-state index in [2.05, 4.69) is 71.3 Å². The smallest absolute Gasteiger partial charge is 0.0210 e. The Morgan fingerprint density at radius 2 is 1.54 bits per heavy atom. The number of piperidine rings is 1. The zero-order valence-electron chi connectivity index (χ0n) is 17.7. The van der Waals surface area contributed by atoms with Gasteiger partial charge in [-0.1, -0.05) is 39.3 Å². The number of hydrogen-bond acceptors (Lipinski definition) is 2. The quantitative estimate of drug-likeness (QED) is 0.638. The predicted octanol–water partition coefficient (Wildman–Crippen LogP) is 5.20. The Hall–Kier alpha value is -0.340. The molecule has 140 valence electrons. The molecule has 2 nitrogen and oxygen atoms in total. The summed E-state index contributed by atoms with van der Waals surface area (Å²) in [4.78, 5) is 5.39. The molecule has 1 fully saturated rings. The van der Waals surface area contributed by atoms with Crippen molar-refractivity contribution < 1.29 is 0 Å². The standard InChI is InChI=1S/C22H42N2/c1-17(2)19-9-15-24(16-10-19)22(7,8)21(5,6)20-11-13-23(14-12-20)18(3)4/h9,17-18,20H,10-16H2,1-8H3. The average Bonchev–Trinajstić information content (AvgIpc) is 2.54. The van der Waals surface area contributed by atoms with Crippen LogP contribution in [0.1, 0.15) is 74.7 Å². The van der Waals surface area contributed by atoms with Crippen molar-refractivity contribution in [2.24, 2.45) is 17.3 Å². The van der Waals surface area contributed by atoms with Crippen LogP contribution in [0.2, 0.25) is 0 Å². The second-order valence-corrected chi connectivity index (χ2v) is 9.81. The van der Waals surface area contributed by atoms with Crippen LogP contribution in [-0.2, 0) is 0 Å². The number of rotatable bonds is 5. The Balaban J connectivity index is 2.05. The van der Waals surface area contributed by atoms with Crippen LogP contribution in [0, 0.1) is 17.3 Å². The monoisotopic (exact) mass is 334 g/mol. The molecule has 0 spiro atoms. The summed E-state index contributed by atoms with van der Waals surface area (Å²) in [6.45, 7) is 24.3. The van der Waals surface area contributed by atoms with E-state index in [1.54, 1.807) is 5.57 Å². The Morgan fingerprint density at radius 3 is 1.96 bits per heavy atom. The van der Waals surface area contributed by atoms with Crippen LogP contribution in [0.3, 0.4) is 0 Å². The molecule has 0 radical (unpaired) electrons. The fourth-order valence-electron chi connectivity index (χ4n) is 4.76. The highest BCUT2D eigenvalue weighted by molar-refractivity contribution is 5.12. The lowest BCUT2D eigenvalue weighted by Crippen LogP contribution is -2.59. The predicted molar refractivity (Wildman–Crippen MR) is 106 cm³/mol. The van der Waals surface area contributed by atoms with E-state index in [9.17, 15) is 0 Å². The molecule has 0 aliphatic carbocycles. The summed E-state index contributed by atoms with van der Waals surface area (Å²) in [6, 6.07) is 0.698. The maximum Gasteiger partial charge on any atom is 0.0210 e. The number of hydrogen-bond donors (Lipinski definition) is 0. The average molecular weight is 335 g/mol. The first-order valence-corrected chi connectivity index (χ1v) is 10.3. The van der Waals surface area contributed by atoms with Crippen molar-refractivity contribution in [2.75, 3.05) is 26.2 Å². The van der Waals surface area contributed by atoms with Gasteiger partial charge < -0.3 is 4.90 Å². The Bertz CT molecular complexity index is 437. The summed E-state index contributed by atoms with van der Waals surface area (Å²) in [6.07, 6.45) is 6.47. The van der Waals surface area contributed by atoms with Gasteiger partial charge in [0.15, 0.2) is 0 Å². The van der Waals surface area contributed by atoms with E-state index in [1.165, 1.54) is 38.9 Å². The lowest BCUT2D eigenvalue weighted by molar-refractivity contribution is -0.0439. The largest absolute Gasteiger partial charge is 0.301 e. The highest BCUT2D eigenvalue weighted by Gasteiger charge is 2.47. The Morgan fingerprint density at radius 1 is 0.958 bits per heavy atom. The normalized spacial score (nSPS) is 23.2. The molecule has 2 aliphatic rings. The van der Waals surface area contributed by atoms with Gasteiger partial charge in [0.05, 0.1) is 0 Å². The number of likely N-dealkylation sites (tertiary alicyclic amines) is 1. The molecular formula is C22H42N2. The zero-order valence-corrected chi connectivity index (χ0v) is 17.7. The first kappa shape index (κ1) is 20.0. The van der Waals surface area contributed by atoms with E-state index in [0.29, 0.717) is 17.4 Å². The minimum Gasteiger partial charge on any atom is -0.301 e. The third-order valence-corrected chi connectivity index (χ3v) is 7.63. The minimum atomic E-state index is 0.247. The maximum atomic E-state index is 2.74. The van der Waals surface area contributed by atoms with Crippen molar-refractivity contribution in [2.45, 2.75) is 86.2 Å². The van der Waals surface area contributed by atoms with Crippen molar-refractivity contribution >= 4 is 0 Å². The van der Waals surface area contributed by atoms with Crippen LogP contribution in [-0.4, -0.2) is 47.6 Å². The number of nitrogens with zero attached hydrogens (tertiary/aromatic N) is 2. The maximum absolute atomic E-state index is 2.74. The van der Waals surface area contributed by atoms with Gasteiger partial charge in [-0.05, 0) is 77.3 Å². The summed E-state index contributed by atoms with van der Waals surface area (Å²) in [7, 11) is 0. The zero-order chi connectivity index (χ0) is 18.1. The summed E-state index contributed by atoms with van der Waals surface area (Å²) >= 11 is 0. The molecule has 0 aromatic heterocycles. The van der Waals surface area contributed by atoms with E-state index in [4.69, 9.17) is 0 Å². The molecule has 2 rings (SSSR count). The molecule has 0 amide bonds. The highest BCUT2D eigenvalue weighted by Crippen LogP contribution is 2.47. The molecule has 0 aromatic rings. The van der Waals surface area contributed by atoms with E-state index in [0.717, 1.165) is 12.5 Å². The van der Waals surface area contributed by atoms with Crippen molar-refractivity contribution in [3.8, 4) is 0 Å². The van der Waals surface area contributed by atoms with Gasteiger partial charge in [-0.2, -0.15) is 0 Å². The molecule has 0 saturated carbocycles. The summed E-state index contributed by atoms with van der Waals surface area (Å²) in [5.41, 5.74) is 2.25. The highest BCUT2D eigenvalue weighted by atomic mass is 15.2. The van der Waals surface area contributed by atoms with E-state index < -0.39 is 0 Å². The van der Waals surface area contributed by atoms with Crippen LogP contribution in [0.25, 0.3) is 0 Å². The fraction of sp³-hybridized carbons (Fsp3) is 0.909. The SMILES string of the molecule is CC(C)C1=CCN(C(C)(C)C(C)(C)C2CCN(C(C)C)CC2)CC1. The van der Waals surface area contributed by atoms with Gasteiger partial charge in [0, 0.05) is 24.7 Å². The second kappa shape index (κ2) is 7.50. The van der Waals surface area contributed by atoms with Gasteiger partial charge in [-0.25, -0.2) is 0 Å². The van der Waals surface area contributed by atoms with Crippen molar-refractivity contribution in [3.63, 3.8) is 0 Å². The lowest BCUT2D eigenvalue weighted by Gasteiger charge is -2.55. The third-order valence-electron chi connectivity index (χ3n) is 7.63. The molecule has 1 saturated heterocycles. The second-order valence-electron chi connectivity index (χ2n) is 9.81. The van der Waals surface area contributed by atoms with Crippen LogP contribution in [0.4, 0.5) is 0 Å². The van der Waals surface area contributed by atoms with Crippen molar-refractivity contribution in [1.82, 2.24) is 9.80 Å². The first-order valence-electron chi connectivity index (χ1n) is 10.3. The van der Waals surface area contributed by atoms with E-state index in [1.807, 2.05) is 0 Å². The van der Waals surface area contributed by atoms with E-state index in [-0.39, 0.29) is 5.54 Å². The first-order chi connectivity index (χ1) is 11.1. The van der Waals surface area contributed by atoms with Crippen LogP contribution >= 0.6 is 0 Å². The van der Waals surface area contributed by atoms with Gasteiger partial charge >= 0.3 is 0 Å². The third kappa shape index (κ3) is 3.90. The molecule has 0 unspecified atom stereocenters. The Kier molecular flexibility index (Phi) is 6.24.